The molecule has 0 aliphatic heterocycles. The first-order valence-electron chi connectivity index (χ1n) is 6.76. The Labute approximate surface area is 120 Å². The maximum Gasteiger partial charge on any atom is 0.278 e. The Morgan fingerprint density at radius 3 is 2.76 bits per heavy atom. The lowest BCUT2D eigenvalue weighted by Gasteiger charge is -2.04. The highest BCUT2D eigenvalue weighted by molar-refractivity contribution is 5.70. The van der Waals surface area contributed by atoms with E-state index in [4.69, 9.17) is 5.73 Å². The number of anilines is 2. The van der Waals surface area contributed by atoms with Gasteiger partial charge in [-0.05, 0) is 18.6 Å². The van der Waals surface area contributed by atoms with Gasteiger partial charge in [-0.1, -0.05) is 18.2 Å². The summed E-state index contributed by atoms with van der Waals surface area (Å²) in [6.07, 6.45) is 1.62. The minimum Gasteiger partial charge on any atom is -0.385 e. The third-order valence-corrected chi connectivity index (χ3v) is 3.12. The van der Waals surface area contributed by atoms with Gasteiger partial charge in [-0.15, -0.1) is 0 Å². The van der Waals surface area contributed by atoms with Crippen molar-refractivity contribution in [3.8, 4) is 0 Å². The smallest absolute Gasteiger partial charge is 0.278 e. The molecule has 0 spiro atoms. The van der Waals surface area contributed by atoms with E-state index in [2.05, 4.69) is 25.3 Å². The van der Waals surface area contributed by atoms with Gasteiger partial charge in [-0.2, -0.15) is 4.98 Å². The summed E-state index contributed by atoms with van der Waals surface area (Å²) in [7, 11) is 0. The minimum atomic E-state index is -0.293. The third-order valence-electron chi connectivity index (χ3n) is 3.12. The summed E-state index contributed by atoms with van der Waals surface area (Å²) in [6, 6.07) is 10.0. The summed E-state index contributed by atoms with van der Waals surface area (Å²) in [5.74, 6) is 0.819. The molecule has 0 bridgehead atoms. The van der Waals surface area contributed by atoms with Crippen LogP contribution < -0.4 is 16.6 Å². The summed E-state index contributed by atoms with van der Waals surface area (Å²) in [5, 5.41) is 3.32. The predicted molar refractivity (Wildman–Crippen MR) is 82.2 cm³/mol. The molecule has 7 heteroatoms. The van der Waals surface area contributed by atoms with Crippen molar-refractivity contribution in [3.05, 3.63) is 46.5 Å². The summed E-state index contributed by atoms with van der Waals surface area (Å²) in [4.78, 5) is 25.4. The Morgan fingerprint density at radius 2 is 1.95 bits per heavy atom. The maximum absolute atomic E-state index is 11.7. The molecule has 0 amide bonds. The minimum absolute atomic E-state index is 0.0799. The van der Waals surface area contributed by atoms with Crippen LogP contribution in [0.5, 0.6) is 0 Å². The largest absolute Gasteiger partial charge is 0.385 e. The second-order valence-electron chi connectivity index (χ2n) is 4.73. The fraction of sp³-hybridized carbons (Fsp3) is 0.214. The second-order valence-corrected chi connectivity index (χ2v) is 4.73. The average molecular weight is 284 g/mol. The number of H-pyrrole nitrogens is 2. The van der Waals surface area contributed by atoms with Crippen LogP contribution in [0.4, 0.5) is 11.6 Å². The number of nitrogens with two attached hydrogens (primary N) is 1. The zero-order chi connectivity index (χ0) is 14.7. The Hall–Kier alpha value is -2.83. The van der Waals surface area contributed by atoms with Crippen molar-refractivity contribution in [1.29, 1.82) is 0 Å². The number of nitrogens with zero attached hydrogens (tertiary/aromatic N) is 2. The molecule has 1 aromatic carbocycles. The number of aromatic amines is 2. The van der Waals surface area contributed by atoms with E-state index in [0.29, 0.717) is 11.2 Å². The molecule has 0 aliphatic carbocycles. The van der Waals surface area contributed by atoms with Crippen LogP contribution in [0.15, 0.2) is 35.1 Å². The Morgan fingerprint density at radius 1 is 1.14 bits per heavy atom. The molecule has 0 radical (unpaired) electrons. The number of imidazole rings is 1. The summed E-state index contributed by atoms with van der Waals surface area (Å²) < 4.78 is 0. The van der Waals surface area contributed by atoms with Crippen LogP contribution in [-0.2, 0) is 6.42 Å². The second kappa shape index (κ2) is 5.66. The standard InChI is InChI=1S/C14H16N6O/c15-14-19-12-11(13(21)20-14)17-10(18-12)7-4-8-16-9-5-2-1-3-6-9/h1-3,5-6,16H,4,7-8H2,(H4,15,17,18,19,20,21). The van der Waals surface area contributed by atoms with E-state index in [1.54, 1.807) is 0 Å². The van der Waals surface area contributed by atoms with Gasteiger partial charge in [0.2, 0.25) is 5.95 Å². The molecule has 3 rings (SSSR count). The lowest BCUT2D eigenvalue weighted by Crippen LogP contribution is -2.10. The quantitative estimate of drug-likeness (QED) is 0.527. The predicted octanol–water partition coefficient (Wildman–Crippen LogP) is 1.27. The lowest BCUT2D eigenvalue weighted by atomic mass is 10.2. The van der Waals surface area contributed by atoms with Crippen molar-refractivity contribution in [2.75, 3.05) is 17.6 Å². The van der Waals surface area contributed by atoms with Gasteiger partial charge in [-0.25, -0.2) is 4.98 Å². The van der Waals surface area contributed by atoms with Crippen LogP contribution in [0.2, 0.25) is 0 Å². The third kappa shape index (κ3) is 3.02. The number of hydrogen-bond donors (Lipinski definition) is 4. The fourth-order valence-corrected chi connectivity index (χ4v) is 2.13. The summed E-state index contributed by atoms with van der Waals surface area (Å²) in [5.41, 5.74) is 7.02. The van der Waals surface area contributed by atoms with Gasteiger partial charge in [-0.3, -0.25) is 9.78 Å². The first-order valence-corrected chi connectivity index (χ1v) is 6.76. The molecule has 0 unspecified atom stereocenters. The van der Waals surface area contributed by atoms with Gasteiger partial charge >= 0.3 is 0 Å². The van der Waals surface area contributed by atoms with E-state index >= 15 is 0 Å². The highest BCUT2D eigenvalue weighted by Crippen LogP contribution is 2.08. The molecule has 3 aromatic rings. The van der Waals surface area contributed by atoms with Crippen LogP contribution >= 0.6 is 0 Å². The van der Waals surface area contributed by atoms with Crippen molar-refractivity contribution in [2.24, 2.45) is 0 Å². The molecule has 2 aromatic heterocycles. The average Bonchev–Trinajstić information content (AvgIpc) is 2.88. The number of fused-ring (bicyclic) bond motifs is 1. The van der Waals surface area contributed by atoms with E-state index in [0.717, 1.165) is 30.9 Å². The van der Waals surface area contributed by atoms with Crippen LogP contribution in [0.3, 0.4) is 0 Å². The first kappa shape index (κ1) is 13.2. The summed E-state index contributed by atoms with van der Waals surface area (Å²) in [6.45, 7) is 0.826. The van der Waals surface area contributed by atoms with Crippen LogP contribution in [0.25, 0.3) is 11.2 Å². The van der Waals surface area contributed by atoms with Crippen LogP contribution in [-0.4, -0.2) is 26.5 Å². The molecule has 0 saturated carbocycles. The maximum atomic E-state index is 11.7. The van der Waals surface area contributed by atoms with Crippen molar-refractivity contribution >= 4 is 22.8 Å². The van der Waals surface area contributed by atoms with Crippen molar-refractivity contribution in [2.45, 2.75) is 12.8 Å². The number of para-hydroxylation sites is 1. The van der Waals surface area contributed by atoms with Crippen molar-refractivity contribution in [1.82, 2.24) is 19.9 Å². The number of rotatable bonds is 5. The number of benzene rings is 1. The Balaban J connectivity index is 1.61. The lowest BCUT2D eigenvalue weighted by molar-refractivity contribution is 0.819. The summed E-state index contributed by atoms with van der Waals surface area (Å²) >= 11 is 0. The molecule has 2 heterocycles. The molecule has 21 heavy (non-hydrogen) atoms. The van der Waals surface area contributed by atoms with Gasteiger partial charge in [0, 0.05) is 18.7 Å². The molecule has 0 fully saturated rings. The van der Waals surface area contributed by atoms with Gasteiger partial charge < -0.3 is 16.0 Å². The van der Waals surface area contributed by atoms with Gasteiger partial charge in [0.25, 0.3) is 5.56 Å². The Kier molecular flexibility index (Phi) is 3.55. The monoisotopic (exact) mass is 284 g/mol. The van der Waals surface area contributed by atoms with E-state index in [1.807, 2.05) is 30.3 Å². The van der Waals surface area contributed by atoms with Gasteiger partial charge in [0.15, 0.2) is 11.2 Å². The number of nitrogen functional groups attached to an aromatic ring is 1. The van der Waals surface area contributed by atoms with Gasteiger partial charge in [0.1, 0.15) is 5.82 Å². The van der Waals surface area contributed by atoms with Crippen molar-refractivity contribution < 1.29 is 0 Å². The van der Waals surface area contributed by atoms with Crippen LogP contribution in [0.1, 0.15) is 12.2 Å². The Bertz CT molecular complexity index is 792. The number of hydrogen-bond acceptors (Lipinski definition) is 5. The van der Waals surface area contributed by atoms with Crippen LogP contribution in [0, 0.1) is 0 Å². The van der Waals surface area contributed by atoms with E-state index < -0.39 is 0 Å². The molecule has 108 valence electrons. The highest BCUT2D eigenvalue weighted by Gasteiger charge is 2.08. The zero-order valence-corrected chi connectivity index (χ0v) is 11.4. The first-order chi connectivity index (χ1) is 10.2. The molecule has 0 atom stereocenters. The normalized spacial score (nSPS) is 10.9. The highest BCUT2D eigenvalue weighted by atomic mass is 16.1. The van der Waals surface area contributed by atoms with Crippen molar-refractivity contribution in [3.63, 3.8) is 0 Å². The molecular weight excluding hydrogens is 268 g/mol. The molecule has 0 saturated heterocycles. The number of aryl methyl sites for hydroxylation is 1. The number of aromatic nitrogens is 4. The molecule has 7 nitrogen and oxygen atoms in total. The van der Waals surface area contributed by atoms with E-state index in [1.165, 1.54) is 0 Å². The topological polar surface area (TPSA) is 112 Å². The fourth-order valence-electron chi connectivity index (χ4n) is 2.13. The zero-order valence-electron chi connectivity index (χ0n) is 11.4. The number of nitrogens with one attached hydrogen (secondary N) is 3. The van der Waals surface area contributed by atoms with E-state index in [9.17, 15) is 4.79 Å². The van der Waals surface area contributed by atoms with E-state index in [-0.39, 0.29) is 11.5 Å². The molecular formula is C14H16N6O. The van der Waals surface area contributed by atoms with Gasteiger partial charge in [0.05, 0.1) is 0 Å². The molecule has 0 aliphatic rings. The SMILES string of the molecule is Nc1nc2nc(CCCNc3ccccc3)[nH]c2c(=O)[nH]1. The molecule has 5 N–H and O–H groups in total.